The lowest BCUT2D eigenvalue weighted by Crippen LogP contribution is -2.28. The van der Waals surface area contributed by atoms with Crippen LogP contribution in [0.4, 0.5) is 4.39 Å². The summed E-state index contributed by atoms with van der Waals surface area (Å²) in [5.41, 5.74) is 2.03. The molecule has 7 heteroatoms. The highest BCUT2D eigenvalue weighted by Crippen LogP contribution is 2.36. The van der Waals surface area contributed by atoms with Crippen LogP contribution >= 0.6 is 11.6 Å². The fraction of sp³-hybridized carbons (Fsp3) is 0.500. The van der Waals surface area contributed by atoms with E-state index < -0.39 is 0 Å². The maximum atomic E-state index is 13.8. The van der Waals surface area contributed by atoms with Gasteiger partial charge in [0.1, 0.15) is 5.82 Å². The van der Waals surface area contributed by atoms with E-state index in [9.17, 15) is 4.39 Å². The Bertz CT molecular complexity index is 674. The van der Waals surface area contributed by atoms with Crippen LogP contribution in [0, 0.1) is 11.7 Å². The molecule has 1 aromatic heterocycles. The van der Waals surface area contributed by atoms with E-state index in [1.54, 1.807) is 23.0 Å². The standard InChI is InChI=1S/C16H21ClFN5/c1-22-6-5-12(8-19-9-13-10-20-21-23(13)2)16(22)11-3-4-14(17)15(18)7-11/h3-4,7,10,12,16,19H,5-6,8-9H2,1-2H3/t12-,16+/m0/s1. The highest BCUT2D eigenvalue weighted by Gasteiger charge is 2.33. The van der Waals surface area contributed by atoms with Crippen LogP contribution in [0.25, 0.3) is 0 Å². The molecule has 3 rings (SSSR count). The Morgan fingerprint density at radius 2 is 2.22 bits per heavy atom. The van der Waals surface area contributed by atoms with Gasteiger partial charge in [0.25, 0.3) is 0 Å². The van der Waals surface area contributed by atoms with Gasteiger partial charge in [-0.15, -0.1) is 5.10 Å². The number of rotatable bonds is 5. The number of nitrogens with one attached hydrogen (secondary N) is 1. The van der Waals surface area contributed by atoms with Gasteiger partial charge in [-0.1, -0.05) is 22.9 Å². The van der Waals surface area contributed by atoms with Crippen molar-refractivity contribution in [3.63, 3.8) is 0 Å². The predicted molar refractivity (Wildman–Crippen MR) is 87.6 cm³/mol. The highest BCUT2D eigenvalue weighted by atomic mass is 35.5. The van der Waals surface area contributed by atoms with Crippen LogP contribution < -0.4 is 5.32 Å². The number of benzene rings is 1. The molecule has 1 aromatic carbocycles. The summed E-state index contributed by atoms with van der Waals surface area (Å²) in [6.45, 7) is 2.60. The third-order valence-corrected chi connectivity index (χ3v) is 4.89. The quantitative estimate of drug-likeness (QED) is 0.910. The second kappa shape index (κ2) is 6.95. The molecular formula is C16H21ClFN5. The van der Waals surface area contributed by atoms with Crippen molar-refractivity contribution < 1.29 is 4.39 Å². The van der Waals surface area contributed by atoms with Crippen molar-refractivity contribution in [2.24, 2.45) is 13.0 Å². The van der Waals surface area contributed by atoms with Crippen LogP contribution in [0.5, 0.6) is 0 Å². The van der Waals surface area contributed by atoms with Crippen molar-refractivity contribution in [1.29, 1.82) is 0 Å². The Kier molecular flexibility index (Phi) is 4.94. The molecule has 0 aliphatic carbocycles. The molecule has 0 unspecified atom stereocenters. The van der Waals surface area contributed by atoms with Gasteiger partial charge < -0.3 is 5.32 Å². The van der Waals surface area contributed by atoms with Crippen LogP contribution in [0.3, 0.4) is 0 Å². The Morgan fingerprint density at radius 1 is 1.39 bits per heavy atom. The van der Waals surface area contributed by atoms with Crippen LogP contribution in [-0.4, -0.2) is 40.0 Å². The largest absolute Gasteiger partial charge is 0.311 e. The van der Waals surface area contributed by atoms with Gasteiger partial charge >= 0.3 is 0 Å². The number of hydrogen-bond donors (Lipinski definition) is 1. The van der Waals surface area contributed by atoms with Crippen molar-refractivity contribution in [2.75, 3.05) is 20.1 Å². The van der Waals surface area contributed by atoms with Crippen molar-refractivity contribution in [1.82, 2.24) is 25.2 Å². The minimum absolute atomic E-state index is 0.174. The van der Waals surface area contributed by atoms with Crippen LogP contribution in [0.15, 0.2) is 24.4 Å². The Labute approximate surface area is 140 Å². The minimum atomic E-state index is -0.350. The molecular weight excluding hydrogens is 317 g/mol. The van der Waals surface area contributed by atoms with Crippen molar-refractivity contribution >= 4 is 11.6 Å². The monoisotopic (exact) mass is 337 g/mol. The summed E-state index contributed by atoms with van der Waals surface area (Å²) < 4.78 is 15.6. The average Bonchev–Trinajstić information content (AvgIpc) is 3.09. The minimum Gasteiger partial charge on any atom is -0.311 e. The Hall–Kier alpha value is -1.50. The van der Waals surface area contributed by atoms with E-state index in [0.29, 0.717) is 5.92 Å². The molecule has 1 aliphatic heterocycles. The maximum Gasteiger partial charge on any atom is 0.142 e. The summed E-state index contributed by atoms with van der Waals surface area (Å²) in [4.78, 5) is 2.28. The summed E-state index contributed by atoms with van der Waals surface area (Å²) >= 11 is 5.80. The summed E-state index contributed by atoms with van der Waals surface area (Å²) in [6.07, 6.45) is 2.85. The topological polar surface area (TPSA) is 46.0 Å². The zero-order valence-corrected chi connectivity index (χ0v) is 14.1. The lowest BCUT2D eigenvalue weighted by atomic mass is 9.93. The lowest BCUT2D eigenvalue weighted by molar-refractivity contribution is 0.271. The predicted octanol–water partition coefficient (Wildman–Crippen LogP) is 2.39. The molecule has 0 saturated carbocycles. The molecule has 2 heterocycles. The fourth-order valence-electron chi connectivity index (χ4n) is 3.32. The molecule has 2 atom stereocenters. The van der Waals surface area contributed by atoms with Crippen molar-refractivity contribution in [3.05, 3.63) is 46.5 Å². The molecule has 0 amide bonds. The number of likely N-dealkylation sites (tertiary alicyclic amines) is 1. The molecule has 1 fully saturated rings. The molecule has 0 spiro atoms. The normalized spacial score (nSPS) is 21.9. The first-order valence-corrected chi connectivity index (χ1v) is 8.13. The van der Waals surface area contributed by atoms with Crippen LogP contribution in [0.1, 0.15) is 23.7 Å². The smallest absolute Gasteiger partial charge is 0.142 e. The van der Waals surface area contributed by atoms with Gasteiger partial charge in [0.15, 0.2) is 0 Å². The zero-order valence-electron chi connectivity index (χ0n) is 13.3. The molecule has 23 heavy (non-hydrogen) atoms. The molecule has 1 aliphatic rings. The van der Waals surface area contributed by atoms with Crippen molar-refractivity contribution in [2.45, 2.75) is 19.0 Å². The van der Waals surface area contributed by atoms with Gasteiger partial charge in [-0.25, -0.2) is 4.39 Å². The van der Waals surface area contributed by atoms with Gasteiger partial charge in [-0.3, -0.25) is 9.58 Å². The second-order valence-electron chi connectivity index (χ2n) is 6.13. The molecule has 2 aromatic rings. The first kappa shape index (κ1) is 16.4. The third-order valence-electron chi connectivity index (χ3n) is 4.58. The maximum absolute atomic E-state index is 13.8. The summed E-state index contributed by atoms with van der Waals surface area (Å²) in [6, 6.07) is 5.34. The van der Waals surface area contributed by atoms with Gasteiger partial charge in [0, 0.05) is 26.2 Å². The fourth-order valence-corrected chi connectivity index (χ4v) is 3.44. The molecule has 1 saturated heterocycles. The SMILES string of the molecule is CN1CC[C@@H](CNCc2cnnn2C)[C@H]1c1ccc(Cl)c(F)c1. The highest BCUT2D eigenvalue weighted by molar-refractivity contribution is 6.30. The van der Waals surface area contributed by atoms with Crippen LogP contribution in [-0.2, 0) is 13.6 Å². The van der Waals surface area contributed by atoms with Crippen molar-refractivity contribution in [3.8, 4) is 0 Å². The van der Waals surface area contributed by atoms with Gasteiger partial charge in [-0.05, 0) is 43.6 Å². The summed E-state index contributed by atoms with van der Waals surface area (Å²) in [5, 5.41) is 11.4. The zero-order chi connectivity index (χ0) is 16.4. The number of aryl methyl sites for hydroxylation is 1. The summed E-state index contributed by atoms with van der Waals surface area (Å²) in [5.74, 6) is 0.0823. The number of nitrogens with zero attached hydrogens (tertiary/aromatic N) is 4. The first-order chi connectivity index (χ1) is 11.1. The van der Waals surface area contributed by atoms with Crippen LogP contribution in [0.2, 0.25) is 5.02 Å². The number of halogens is 2. The first-order valence-electron chi connectivity index (χ1n) is 7.75. The molecule has 0 bridgehead atoms. The van der Waals surface area contributed by atoms with Gasteiger partial charge in [-0.2, -0.15) is 0 Å². The Morgan fingerprint density at radius 3 is 2.91 bits per heavy atom. The van der Waals surface area contributed by atoms with Gasteiger partial charge in [0.05, 0.1) is 16.9 Å². The van der Waals surface area contributed by atoms with E-state index in [1.165, 1.54) is 0 Å². The van der Waals surface area contributed by atoms with E-state index in [4.69, 9.17) is 11.6 Å². The van der Waals surface area contributed by atoms with Gasteiger partial charge in [0.2, 0.25) is 0 Å². The lowest BCUT2D eigenvalue weighted by Gasteiger charge is -2.26. The average molecular weight is 338 g/mol. The molecule has 5 nitrogen and oxygen atoms in total. The van der Waals surface area contributed by atoms with E-state index in [2.05, 4.69) is 27.6 Å². The third kappa shape index (κ3) is 3.54. The summed E-state index contributed by atoms with van der Waals surface area (Å²) in [7, 11) is 3.97. The number of hydrogen-bond acceptors (Lipinski definition) is 4. The van der Waals surface area contributed by atoms with E-state index in [0.717, 1.165) is 37.3 Å². The second-order valence-corrected chi connectivity index (χ2v) is 6.53. The Balaban J connectivity index is 1.66. The molecule has 1 N–H and O–H groups in total. The van der Waals surface area contributed by atoms with E-state index in [1.807, 2.05) is 13.1 Å². The van der Waals surface area contributed by atoms with E-state index in [-0.39, 0.29) is 16.9 Å². The van der Waals surface area contributed by atoms with E-state index >= 15 is 0 Å². The molecule has 124 valence electrons. The number of aromatic nitrogens is 3. The molecule has 0 radical (unpaired) electrons.